The molecule has 10 nitrogen and oxygen atoms in total. The van der Waals surface area contributed by atoms with Crippen LogP contribution in [0.3, 0.4) is 0 Å². The predicted molar refractivity (Wildman–Crippen MR) is 122 cm³/mol. The number of hydrogen-bond donors (Lipinski definition) is 1. The average Bonchev–Trinajstić information content (AvgIpc) is 2.87. The summed E-state index contributed by atoms with van der Waals surface area (Å²) >= 11 is 0. The number of ether oxygens (including phenoxy) is 4. The number of methoxy groups -OCH3 is 1. The summed E-state index contributed by atoms with van der Waals surface area (Å²) in [6.07, 6.45) is 1.59. The van der Waals surface area contributed by atoms with Crippen molar-refractivity contribution in [2.75, 3.05) is 38.7 Å². The van der Waals surface area contributed by atoms with Gasteiger partial charge >= 0.3 is 5.97 Å². The molecular formula is C23H26N2O8S. The van der Waals surface area contributed by atoms with Gasteiger partial charge in [-0.05, 0) is 43.2 Å². The summed E-state index contributed by atoms with van der Waals surface area (Å²) in [5.74, 6) is -0.241. The number of carbonyl (C=O) groups excluding carboxylic acids is 2. The molecule has 1 saturated heterocycles. The largest absolute Gasteiger partial charge is 0.495 e. The molecule has 0 spiro atoms. The SMILES string of the molecule is COc1ccc(NC(=O)COC(=O)C2COc3ccccc3O2)cc1S(=O)(=O)N1CCCCC1. The number of fused-ring (bicyclic) bond motifs is 1. The number of piperidine rings is 1. The van der Waals surface area contributed by atoms with E-state index in [9.17, 15) is 18.0 Å². The Labute approximate surface area is 197 Å². The van der Waals surface area contributed by atoms with Gasteiger partial charge in [-0.2, -0.15) is 4.31 Å². The Kier molecular flexibility index (Phi) is 7.23. The van der Waals surface area contributed by atoms with Crippen molar-refractivity contribution >= 4 is 27.6 Å². The quantitative estimate of drug-likeness (QED) is 0.587. The molecule has 1 N–H and O–H groups in total. The zero-order valence-corrected chi connectivity index (χ0v) is 19.5. The fraction of sp³-hybridized carbons (Fsp3) is 0.391. The van der Waals surface area contributed by atoms with Gasteiger partial charge in [0.15, 0.2) is 18.1 Å². The first-order valence-electron chi connectivity index (χ1n) is 10.9. The number of hydrogen-bond acceptors (Lipinski definition) is 8. The fourth-order valence-electron chi connectivity index (χ4n) is 3.76. The zero-order valence-electron chi connectivity index (χ0n) is 18.7. The summed E-state index contributed by atoms with van der Waals surface area (Å²) in [5, 5.41) is 2.56. The lowest BCUT2D eigenvalue weighted by molar-refractivity contribution is -0.156. The van der Waals surface area contributed by atoms with Crippen molar-refractivity contribution in [3.05, 3.63) is 42.5 Å². The van der Waals surface area contributed by atoms with E-state index in [-0.39, 0.29) is 22.9 Å². The van der Waals surface area contributed by atoms with Crippen LogP contribution in [0.5, 0.6) is 17.2 Å². The van der Waals surface area contributed by atoms with Gasteiger partial charge in [-0.15, -0.1) is 0 Å². The first-order chi connectivity index (χ1) is 16.4. The highest BCUT2D eigenvalue weighted by molar-refractivity contribution is 7.89. The Morgan fingerprint density at radius 1 is 1.09 bits per heavy atom. The van der Waals surface area contributed by atoms with E-state index in [1.165, 1.54) is 29.6 Å². The number of anilines is 1. The number of benzene rings is 2. The molecule has 0 aliphatic carbocycles. The first-order valence-corrected chi connectivity index (χ1v) is 12.4. The lowest BCUT2D eigenvalue weighted by Crippen LogP contribution is -2.39. The van der Waals surface area contributed by atoms with Crippen LogP contribution in [0.15, 0.2) is 47.4 Å². The van der Waals surface area contributed by atoms with Crippen LogP contribution in [-0.4, -0.2) is 64.1 Å². The van der Waals surface area contributed by atoms with E-state index in [4.69, 9.17) is 18.9 Å². The second-order valence-electron chi connectivity index (χ2n) is 7.85. The van der Waals surface area contributed by atoms with Gasteiger partial charge < -0.3 is 24.3 Å². The second-order valence-corrected chi connectivity index (χ2v) is 9.76. The predicted octanol–water partition coefficient (Wildman–Crippen LogP) is 2.19. The molecule has 2 aromatic carbocycles. The lowest BCUT2D eigenvalue weighted by Gasteiger charge is -2.26. The van der Waals surface area contributed by atoms with E-state index in [1.807, 2.05) is 0 Å². The standard InChI is InChI=1S/C23H26N2O8S/c1-30-19-10-9-16(13-21(19)34(28,29)25-11-5-2-6-12-25)24-22(26)15-32-23(27)20-14-31-17-7-3-4-8-18(17)33-20/h3-4,7-10,13,20H,2,5-6,11-12,14-15H2,1H3,(H,24,26). The van der Waals surface area contributed by atoms with Crippen LogP contribution in [0, 0.1) is 0 Å². The highest BCUT2D eigenvalue weighted by Gasteiger charge is 2.30. The molecule has 1 unspecified atom stereocenters. The molecule has 2 heterocycles. The molecule has 182 valence electrons. The highest BCUT2D eigenvalue weighted by atomic mass is 32.2. The first kappa shape index (κ1) is 23.8. The molecule has 1 amide bonds. The highest BCUT2D eigenvalue weighted by Crippen LogP contribution is 2.32. The maximum absolute atomic E-state index is 13.1. The monoisotopic (exact) mass is 490 g/mol. The van der Waals surface area contributed by atoms with Crippen LogP contribution in [0.4, 0.5) is 5.69 Å². The Morgan fingerprint density at radius 3 is 2.56 bits per heavy atom. The third-order valence-corrected chi connectivity index (χ3v) is 7.42. The third kappa shape index (κ3) is 5.26. The number of carbonyl (C=O) groups is 2. The lowest BCUT2D eigenvalue weighted by atomic mass is 10.2. The van der Waals surface area contributed by atoms with Crippen molar-refractivity contribution in [1.82, 2.24) is 4.31 Å². The molecule has 0 aromatic heterocycles. The summed E-state index contributed by atoms with van der Waals surface area (Å²) in [6, 6.07) is 11.3. The number of nitrogens with one attached hydrogen (secondary N) is 1. The molecular weight excluding hydrogens is 464 g/mol. The number of esters is 1. The zero-order chi connectivity index (χ0) is 24.1. The molecule has 2 aliphatic rings. The van der Waals surface area contributed by atoms with E-state index < -0.39 is 34.6 Å². The van der Waals surface area contributed by atoms with Crippen LogP contribution >= 0.6 is 0 Å². The molecule has 4 rings (SSSR count). The second kappa shape index (κ2) is 10.3. The van der Waals surface area contributed by atoms with Gasteiger partial charge in [0.25, 0.3) is 5.91 Å². The molecule has 0 saturated carbocycles. The van der Waals surface area contributed by atoms with Gasteiger partial charge in [0.2, 0.25) is 16.1 Å². The maximum Gasteiger partial charge on any atom is 0.351 e. The summed E-state index contributed by atoms with van der Waals surface area (Å²) in [7, 11) is -2.40. The fourth-order valence-corrected chi connectivity index (χ4v) is 5.46. The molecule has 0 bridgehead atoms. The van der Waals surface area contributed by atoms with E-state index >= 15 is 0 Å². The smallest absolute Gasteiger partial charge is 0.351 e. The van der Waals surface area contributed by atoms with E-state index in [0.717, 1.165) is 19.3 Å². The summed E-state index contributed by atoms with van der Waals surface area (Å²) in [5.41, 5.74) is 0.239. The van der Waals surface area contributed by atoms with E-state index in [2.05, 4.69) is 5.32 Å². The van der Waals surface area contributed by atoms with Crippen LogP contribution in [0.1, 0.15) is 19.3 Å². The van der Waals surface area contributed by atoms with Gasteiger partial charge in [-0.25, -0.2) is 13.2 Å². The van der Waals surface area contributed by atoms with Crippen molar-refractivity contribution in [2.24, 2.45) is 0 Å². The third-order valence-electron chi connectivity index (χ3n) is 5.50. The molecule has 1 atom stereocenters. The minimum Gasteiger partial charge on any atom is -0.495 e. The van der Waals surface area contributed by atoms with Crippen LogP contribution in [0.25, 0.3) is 0 Å². The van der Waals surface area contributed by atoms with Crippen molar-refractivity contribution < 1.29 is 37.0 Å². The molecule has 1 fully saturated rings. The molecule has 0 radical (unpaired) electrons. The van der Waals surface area contributed by atoms with Crippen molar-refractivity contribution in [3.8, 4) is 17.2 Å². The van der Waals surface area contributed by atoms with Gasteiger partial charge in [-0.3, -0.25) is 4.79 Å². The van der Waals surface area contributed by atoms with Gasteiger partial charge in [0.05, 0.1) is 7.11 Å². The van der Waals surface area contributed by atoms with Crippen LogP contribution in [-0.2, 0) is 24.3 Å². The number of nitrogens with zero attached hydrogens (tertiary/aromatic N) is 1. The molecule has 34 heavy (non-hydrogen) atoms. The van der Waals surface area contributed by atoms with Gasteiger partial charge in [0.1, 0.15) is 17.3 Å². The average molecular weight is 491 g/mol. The topological polar surface area (TPSA) is 120 Å². The van der Waals surface area contributed by atoms with Gasteiger partial charge in [0, 0.05) is 18.8 Å². The number of para-hydroxylation sites is 2. The Morgan fingerprint density at radius 2 is 1.82 bits per heavy atom. The maximum atomic E-state index is 13.1. The Balaban J connectivity index is 1.37. The number of rotatable bonds is 7. The minimum atomic E-state index is -3.79. The van der Waals surface area contributed by atoms with Crippen LogP contribution in [0.2, 0.25) is 0 Å². The van der Waals surface area contributed by atoms with Crippen molar-refractivity contribution in [1.29, 1.82) is 0 Å². The summed E-state index contributed by atoms with van der Waals surface area (Å²) in [6.45, 7) is 0.277. The Bertz CT molecular complexity index is 1160. The minimum absolute atomic E-state index is 0.0295. The number of sulfonamides is 1. The molecule has 2 aromatic rings. The van der Waals surface area contributed by atoms with Crippen molar-refractivity contribution in [3.63, 3.8) is 0 Å². The Hall–Kier alpha value is -3.31. The summed E-state index contributed by atoms with van der Waals surface area (Å²) in [4.78, 5) is 24.6. The van der Waals surface area contributed by atoms with Gasteiger partial charge in [-0.1, -0.05) is 18.6 Å². The number of amides is 1. The van der Waals surface area contributed by atoms with Crippen molar-refractivity contribution in [2.45, 2.75) is 30.3 Å². The normalized spacial score (nSPS) is 18.1. The van der Waals surface area contributed by atoms with E-state index in [1.54, 1.807) is 24.3 Å². The molecule has 11 heteroatoms. The van der Waals surface area contributed by atoms with E-state index in [0.29, 0.717) is 24.6 Å². The molecule has 2 aliphatic heterocycles. The van der Waals surface area contributed by atoms with Crippen LogP contribution < -0.4 is 19.5 Å². The summed E-state index contributed by atoms with van der Waals surface area (Å²) < 4.78 is 49.0.